The van der Waals surface area contributed by atoms with Crippen LogP contribution in [0.25, 0.3) is 0 Å². The Morgan fingerprint density at radius 3 is 2.33 bits per heavy atom. The molecule has 0 atom stereocenters. The number of rotatable bonds is 5. The summed E-state index contributed by atoms with van der Waals surface area (Å²) < 4.78 is 46.0. The fourth-order valence-corrected chi connectivity index (χ4v) is 1.98. The van der Waals surface area contributed by atoms with Crippen LogP contribution in [0.2, 0.25) is 0 Å². The number of aromatic hydroxyl groups is 1. The zero-order valence-electron chi connectivity index (χ0n) is 14.1. The molecule has 0 saturated heterocycles. The van der Waals surface area contributed by atoms with Crippen molar-refractivity contribution in [2.24, 2.45) is 0 Å². The van der Waals surface area contributed by atoms with E-state index in [1.165, 1.54) is 11.0 Å². The molecule has 0 aliphatic carbocycles. The first kappa shape index (κ1) is 19.9. The van der Waals surface area contributed by atoms with Gasteiger partial charge in [-0.3, -0.25) is 0 Å². The summed E-state index contributed by atoms with van der Waals surface area (Å²) >= 11 is 0. The standard InChI is InChI=1S/C16H22F3NO4/c1-5-6-20(14(22)24-15(2,3)4)10-11-7-12(21)9-13(8-11)23-16(17,18)19/h7-9,21H,5-6,10H2,1-4H3. The van der Waals surface area contributed by atoms with Gasteiger partial charge in [0.15, 0.2) is 0 Å². The second-order valence-corrected chi connectivity index (χ2v) is 6.28. The fourth-order valence-electron chi connectivity index (χ4n) is 1.98. The molecule has 1 rings (SSSR count). The number of hydrogen-bond donors (Lipinski definition) is 1. The lowest BCUT2D eigenvalue weighted by atomic mass is 10.2. The van der Waals surface area contributed by atoms with Crippen LogP contribution in [0.4, 0.5) is 18.0 Å². The van der Waals surface area contributed by atoms with Crippen molar-refractivity contribution in [3.63, 3.8) is 0 Å². The lowest BCUT2D eigenvalue weighted by Crippen LogP contribution is -2.36. The molecule has 1 amide bonds. The zero-order valence-corrected chi connectivity index (χ0v) is 14.1. The Morgan fingerprint density at radius 2 is 1.83 bits per heavy atom. The normalized spacial score (nSPS) is 12.0. The van der Waals surface area contributed by atoms with Crippen molar-refractivity contribution in [1.29, 1.82) is 0 Å². The molecule has 5 nitrogen and oxygen atoms in total. The molecule has 0 aromatic heterocycles. The third-order valence-corrected chi connectivity index (χ3v) is 2.70. The average Bonchev–Trinajstić information content (AvgIpc) is 2.33. The number of nitrogens with zero attached hydrogens (tertiary/aromatic N) is 1. The third kappa shape index (κ3) is 7.43. The van der Waals surface area contributed by atoms with Crippen LogP contribution >= 0.6 is 0 Å². The van der Waals surface area contributed by atoms with Crippen molar-refractivity contribution in [1.82, 2.24) is 4.90 Å². The van der Waals surface area contributed by atoms with Gasteiger partial charge in [0.2, 0.25) is 0 Å². The minimum absolute atomic E-state index is 0.00856. The number of alkyl halides is 3. The summed E-state index contributed by atoms with van der Waals surface area (Å²) in [5.74, 6) is -0.925. The summed E-state index contributed by atoms with van der Waals surface area (Å²) in [6, 6.07) is 3.26. The molecule has 1 aromatic rings. The van der Waals surface area contributed by atoms with Gasteiger partial charge < -0.3 is 19.5 Å². The van der Waals surface area contributed by atoms with Gasteiger partial charge >= 0.3 is 12.5 Å². The van der Waals surface area contributed by atoms with E-state index in [9.17, 15) is 23.1 Å². The van der Waals surface area contributed by atoms with Crippen LogP contribution in [-0.2, 0) is 11.3 Å². The Kier molecular flexibility index (Phi) is 6.34. The van der Waals surface area contributed by atoms with Gasteiger partial charge in [-0.1, -0.05) is 6.92 Å². The van der Waals surface area contributed by atoms with Crippen molar-refractivity contribution in [2.75, 3.05) is 6.54 Å². The van der Waals surface area contributed by atoms with E-state index in [0.717, 1.165) is 12.1 Å². The largest absolute Gasteiger partial charge is 0.573 e. The molecule has 0 fully saturated rings. The topological polar surface area (TPSA) is 59.0 Å². The van der Waals surface area contributed by atoms with E-state index in [-0.39, 0.29) is 12.3 Å². The molecule has 0 bridgehead atoms. The zero-order chi connectivity index (χ0) is 18.5. The molecule has 1 N–H and O–H groups in total. The van der Waals surface area contributed by atoms with E-state index in [1.54, 1.807) is 20.8 Å². The number of carbonyl (C=O) groups is 1. The van der Waals surface area contributed by atoms with Crippen LogP contribution in [0.5, 0.6) is 11.5 Å². The maximum Gasteiger partial charge on any atom is 0.573 e. The Morgan fingerprint density at radius 1 is 1.21 bits per heavy atom. The summed E-state index contributed by atoms with van der Waals surface area (Å²) in [5.41, 5.74) is -0.388. The molecule has 0 saturated carbocycles. The van der Waals surface area contributed by atoms with Crippen LogP contribution in [0.3, 0.4) is 0 Å². The van der Waals surface area contributed by atoms with E-state index in [0.29, 0.717) is 18.5 Å². The van der Waals surface area contributed by atoms with Gasteiger partial charge in [-0.25, -0.2) is 4.79 Å². The Bertz CT molecular complexity index is 567. The van der Waals surface area contributed by atoms with Gasteiger partial charge in [0.05, 0.1) is 0 Å². The predicted octanol–water partition coefficient (Wildman–Crippen LogP) is 4.44. The van der Waals surface area contributed by atoms with Gasteiger partial charge in [0.25, 0.3) is 0 Å². The van der Waals surface area contributed by atoms with E-state index in [1.807, 2.05) is 6.92 Å². The maximum atomic E-state index is 12.3. The predicted molar refractivity (Wildman–Crippen MR) is 81.7 cm³/mol. The first-order valence-corrected chi connectivity index (χ1v) is 7.46. The smallest absolute Gasteiger partial charge is 0.508 e. The summed E-state index contributed by atoms with van der Waals surface area (Å²) in [6.45, 7) is 7.37. The maximum absolute atomic E-state index is 12.3. The molecule has 0 spiro atoms. The number of carbonyl (C=O) groups excluding carboxylic acids is 1. The summed E-state index contributed by atoms with van der Waals surface area (Å²) in [5, 5.41) is 9.58. The molecule has 136 valence electrons. The van der Waals surface area contributed by atoms with Gasteiger partial charge in [-0.2, -0.15) is 0 Å². The number of phenols is 1. The van der Waals surface area contributed by atoms with E-state index < -0.39 is 23.8 Å². The molecular weight excluding hydrogens is 327 g/mol. The average molecular weight is 349 g/mol. The number of benzene rings is 1. The highest BCUT2D eigenvalue weighted by Gasteiger charge is 2.31. The van der Waals surface area contributed by atoms with Crippen LogP contribution in [0, 0.1) is 0 Å². The van der Waals surface area contributed by atoms with Crippen LogP contribution < -0.4 is 4.74 Å². The molecule has 0 aliphatic heterocycles. The SMILES string of the molecule is CCCN(Cc1cc(O)cc(OC(F)(F)F)c1)C(=O)OC(C)(C)C. The van der Waals surface area contributed by atoms with Crippen molar-refractivity contribution < 1.29 is 32.5 Å². The molecule has 1 aromatic carbocycles. The Balaban J connectivity index is 2.95. The minimum Gasteiger partial charge on any atom is -0.508 e. The highest BCUT2D eigenvalue weighted by Crippen LogP contribution is 2.28. The van der Waals surface area contributed by atoms with Crippen LogP contribution in [0.1, 0.15) is 39.7 Å². The van der Waals surface area contributed by atoms with Crippen LogP contribution in [0.15, 0.2) is 18.2 Å². The first-order valence-electron chi connectivity index (χ1n) is 7.46. The third-order valence-electron chi connectivity index (χ3n) is 2.70. The Hall–Kier alpha value is -2.12. The van der Waals surface area contributed by atoms with E-state index in [2.05, 4.69) is 4.74 Å². The van der Waals surface area contributed by atoms with Crippen molar-refractivity contribution >= 4 is 6.09 Å². The molecule has 0 unspecified atom stereocenters. The summed E-state index contributed by atoms with van der Waals surface area (Å²) in [4.78, 5) is 13.5. The Labute approximate surface area is 139 Å². The highest BCUT2D eigenvalue weighted by atomic mass is 19.4. The van der Waals surface area contributed by atoms with Crippen molar-refractivity contribution in [3.05, 3.63) is 23.8 Å². The first-order chi connectivity index (χ1) is 10.9. The van der Waals surface area contributed by atoms with Gasteiger partial charge in [0.1, 0.15) is 17.1 Å². The number of amides is 1. The van der Waals surface area contributed by atoms with Gasteiger partial charge in [0, 0.05) is 19.2 Å². The quantitative estimate of drug-likeness (QED) is 0.854. The van der Waals surface area contributed by atoms with E-state index in [4.69, 9.17) is 4.74 Å². The molecule has 24 heavy (non-hydrogen) atoms. The van der Waals surface area contributed by atoms with Crippen LogP contribution in [-0.4, -0.2) is 34.6 Å². The van der Waals surface area contributed by atoms with E-state index >= 15 is 0 Å². The van der Waals surface area contributed by atoms with Gasteiger partial charge in [-0.05, 0) is 44.9 Å². The molecular formula is C16H22F3NO4. The molecule has 0 radical (unpaired) electrons. The summed E-state index contributed by atoms with van der Waals surface area (Å²) in [7, 11) is 0. The lowest BCUT2D eigenvalue weighted by Gasteiger charge is -2.27. The number of halogens is 3. The number of ether oxygens (including phenoxy) is 2. The van der Waals surface area contributed by atoms with Crippen molar-refractivity contribution in [2.45, 2.75) is 52.6 Å². The van der Waals surface area contributed by atoms with Crippen molar-refractivity contribution in [3.8, 4) is 11.5 Å². The second kappa shape index (κ2) is 7.63. The molecule has 0 heterocycles. The second-order valence-electron chi connectivity index (χ2n) is 6.28. The highest BCUT2D eigenvalue weighted by molar-refractivity contribution is 5.68. The lowest BCUT2D eigenvalue weighted by molar-refractivity contribution is -0.274. The minimum atomic E-state index is -4.86. The molecule has 0 aliphatic rings. The monoisotopic (exact) mass is 349 g/mol. The molecule has 8 heteroatoms. The van der Waals surface area contributed by atoms with Gasteiger partial charge in [-0.15, -0.1) is 13.2 Å². The summed E-state index contributed by atoms with van der Waals surface area (Å²) in [6.07, 6.45) is -4.80. The number of hydrogen-bond acceptors (Lipinski definition) is 4. The number of phenolic OH excluding ortho intramolecular Hbond substituents is 1. The fraction of sp³-hybridized carbons (Fsp3) is 0.562.